The normalized spacial score (nSPS) is 12.7. The molecule has 8 bridgehead atoms. The van der Waals surface area contributed by atoms with E-state index in [1.807, 2.05) is 27.7 Å². The van der Waals surface area contributed by atoms with E-state index >= 15 is 0 Å². The van der Waals surface area contributed by atoms with Crippen LogP contribution in [0.15, 0.2) is 24.3 Å². The Bertz CT molecular complexity index is 1960. The topological polar surface area (TPSA) is 203 Å². The first-order valence-electron chi connectivity index (χ1n) is 15.6. The van der Waals surface area contributed by atoms with Crippen LogP contribution in [0, 0.1) is 13.8 Å². The maximum Gasteiger partial charge on any atom is 2.00 e. The number of hydrogen-bond acceptors (Lipinski definition) is 6. The number of hydrogen-bond donors (Lipinski definition) is 4. The average Bonchev–Trinajstić information content (AvgIpc) is 3.66. The van der Waals surface area contributed by atoms with Crippen LogP contribution in [0.4, 0.5) is 0 Å². The smallest absolute Gasteiger partial charge is 0.657 e. The molecule has 49 heavy (non-hydrogen) atoms. The third-order valence-electron chi connectivity index (χ3n) is 9.00. The fourth-order valence-electron chi connectivity index (χ4n) is 6.26. The molecular formula is C36H36MnN4O8. The molecule has 2 aliphatic rings. The zero-order valence-electron chi connectivity index (χ0n) is 27.6. The fraction of sp³-hybridized carbons (Fsp3) is 0.333. The van der Waals surface area contributed by atoms with Crippen molar-refractivity contribution in [2.45, 2.75) is 79.1 Å². The Morgan fingerprint density at radius 1 is 0.510 bits per heavy atom. The van der Waals surface area contributed by atoms with E-state index in [9.17, 15) is 39.6 Å². The molecule has 0 aromatic carbocycles. The van der Waals surface area contributed by atoms with Crippen molar-refractivity contribution in [3.05, 3.63) is 69.3 Å². The molecule has 0 spiro atoms. The van der Waals surface area contributed by atoms with E-state index in [1.165, 1.54) is 0 Å². The monoisotopic (exact) mass is 707 g/mol. The summed E-state index contributed by atoms with van der Waals surface area (Å²) in [7, 11) is 0. The van der Waals surface area contributed by atoms with Gasteiger partial charge in [-0.3, -0.25) is 19.2 Å². The van der Waals surface area contributed by atoms with Crippen molar-refractivity contribution in [3.8, 4) is 0 Å². The van der Waals surface area contributed by atoms with E-state index in [2.05, 4.69) is 0 Å². The molecule has 3 aromatic rings. The van der Waals surface area contributed by atoms with Crippen molar-refractivity contribution in [3.63, 3.8) is 0 Å². The second-order valence-electron chi connectivity index (χ2n) is 12.1. The van der Waals surface area contributed by atoms with E-state index < -0.39 is 23.9 Å². The van der Waals surface area contributed by atoms with Crippen molar-refractivity contribution in [2.75, 3.05) is 0 Å². The van der Waals surface area contributed by atoms with Crippen molar-refractivity contribution < 1.29 is 56.7 Å². The van der Waals surface area contributed by atoms with E-state index in [1.54, 1.807) is 24.3 Å². The van der Waals surface area contributed by atoms with Crippen molar-refractivity contribution in [1.82, 2.24) is 19.9 Å². The van der Waals surface area contributed by atoms with Gasteiger partial charge in [0.2, 0.25) is 0 Å². The van der Waals surface area contributed by atoms with E-state index in [0.717, 1.165) is 44.5 Å². The Labute approximate surface area is 292 Å². The van der Waals surface area contributed by atoms with Crippen molar-refractivity contribution in [1.29, 1.82) is 0 Å². The summed E-state index contributed by atoms with van der Waals surface area (Å²) in [4.78, 5) is 65.9. The van der Waals surface area contributed by atoms with Crippen LogP contribution in [-0.4, -0.2) is 54.3 Å². The molecule has 12 nitrogen and oxygen atoms in total. The van der Waals surface area contributed by atoms with Crippen LogP contribution in [0.1, 0.15) is 97.4 Å². The first kappa shape index (κ1) is 36.8. The summed E-state index contributed by atoms with van der Waals surface area (Å²) in [6.07, 6.45) is 0.401. The molecule has 255 valence electrons. The van der Waals surface area contributed by atoms with Gasteiger partial charge in [-0.2, -0.15) is 0 Å². The van der Waals surface area contributed by atoms with Crippen molar-refractivity contribution >= 4 is 68.2 Å². The van der Waals surface area contributed by atoms with Gasteiger partial charge >= 0.3 is 40.9 Å². The van der Waals surface area contributed by atoms with Gasteiger partial charge < -0.3 is 30.4 Å². The van der Waals surface area contributed by atoms with Gasteiger partial charge in [-0.05, 0) is 75.7 Å². The molecule has 4 N–H and O–H groups in total. The number of allylic oxidation sites excluding steroid dienone is 4. The number of aliphatic carboxylic acids is 4. The number of aromatic nitrogens is 4. The quantitative estimate of drug-likeness (QED) is 0.165. The molecule has 0 unspecified atom stereocenters. The molecule has 5 rings (SSSR count). The summed E-state index contributed by atoms with van der Waals surface area (Å²) in [5.41, 5.74) is 10.3. The maximum atomic E-state index is 11.6. The summed E-state index contributed by atoms with van der Waals surface area (Å²) >= 11 is 0. The second kappa shape index (κ2) is 15.0. The summed E-state index contributed by atoms with van der Waals surface area (Å²) in [6.45, 7) is 7.43. The molecule has 0 atom stereocenters. The van der Waals surface area contributed by atoms with Crippen LogP contribution in [0.5, 0.6) is 0 Å². The number of carboxylic acid groups (broad SMARTS) is 4. The minimum Gasteiger partial charge on any atom is -0.657 e. The molecular weight excluding hydrogens is 671 g/mol. The van der Waals surface area contributed by atoms with Crippen LogP contribution >= 0.6 is 0 Å². The van der Waals surface area contributed by atoms with Crippen LogP contribution in [-0.2, 0) is 49.1 Å². The number of fused-ring (bicyclic) bond motifs is 8. The van der Waals surface area contributed by atoms with Gasteiger partial charge in [-0.1, -0.05) is 46.5 Å². The third-order valence-corrected chi connectivity index (χ3v) is 9.00. The number of rotatable bonds is 12. The van der Waals surface area contributed by atoms with E-state index in [0.29, 0.717) is 44.8 Å². The minimum atomic E-state index is -0.954. The van der Waals surface area contributed by atoms with Crippen LogP contribution in [0.3, 0.4) is 0 Å². The molecule has 0 amide bonds. The summed E-state index contributed by atoms with van der Waals surface area (Å²) < 4.78 is 0. The van der Waals surface area contributed by atoms with Gasteiger partial charge in [0.05, 0.1) is 22.8 Å². The van der Waals surface area contributed by atoms with Crippen LogP contribution in [0.2, 0.25) is 0 Å². The molecule has 0 saturated heterocycles. The van der Waals surface area contributed by atoms with E-state index in [-0.39, 0.29) is 68.4 Å². The van der Waals surface area contributed by atoms with Gasteiger partial charge in [0, 0.05) is 25.7 Å². The minimum absolute atomic E-state index is 0. The molecule has 0 saturated carbocycles. The molecule has 5 heterocycles. The van der Waals surface area contributed by atoms with Gasteiger partial charge in [0.25, 0.3) is 0 Å². The van der Waals surface area contributed by atoms with Crippen LogP contribution < -0.4 is 9.97 Å². The zero-order valence-corrected chi connectivity index (χ0v) is 28.7. The van der Waals surface area contributed by atoms with Gasteiger partial charge in [0.15, 0.2) is 0 Å². The molecule has 13 heteroatoms. The Morgan fingerprint density at radius 3 is 1.14 bits per heavy atom. The van der Waals surface area contributed by atoms with Gasteiger partial charge in [-0.25, -0.2) is 9.97 Å². The number of carboxylic acids is 4. The predicted octanol–water partition coefficient (Wildman–Crippen LogP) is 5.81. The summed E-state index contributed by atoms with van der Waals surface area (Å²) in [6, 6.07) is 7.14. The fourth-order valence-corrected chi connectivity index (χ4v) is 6.26. The van der Waals surface area contributed by atoms with Crippen LogP contribution in [0.25, 0.3) is 44.4 Å². The second-order valence-corrected chi connectivity index (χ2v) is 12.1. The molecule has 1 radical (unpaired) electrons. The molecule has 0 fully saturated rings. The third kappa shape index (κ3) is 8.01. The zero-order chi connectivity index (χ0) is 34.9. The van der Waals surface area contributed by atoms with Gasteiger partial charge in [-0.15, -0.1) is 22.1 Å². The summed E-state index contributed by atoms with van der Waals surface area (Å²) in [5, 5.41) is 37.9. The van der Waals surface area contributed by atoms with E-state index in [4.69, 9.17) is 19.9 Å². The Kier molecular flexibility index (Phi) is 11.3. The van der Waals surface area contributed by atoms with Crippen molar-refractivity contribution in [2.24, 2.45) is 0 Å². The average molecular weight is 708 g/mol. The number of carbonyl (C=O) groups is 4. The molecule has 3 aromatic heterocycles. The molecule has 0 aliphatic carbocycles. The number of nitrogens with zero attached hydrogens (tertiary/aromatic N) is 4. The maximum absolute atomic E-state index is 11.6. The number of aryl methyl sites for hydroxylation is 4. The first-order chi connectivity index (χ1) is 22.7. The summed E-state index contributed by atoms with van der Waals surface area (Å²) in [5.74, 6) is -3.82. The molecule has 2 aliphatic heterocycles. The Hall–Kier alpha value is -5.00. The standard InChI is InChI=1S/C36H38N4O8.Mn/c1-17-21(5-9-33(41)42)29-14-26-19(3)23(7-11-35(45)46)31(39-26)16-28-20(4)24(8-12-36(47)48)32(40-28)15-27-18(2)22(6-10-34(43)44)30(38-27)13-25(17)37-29;/h13-16H,5-12H2,1-4H3,(H6,37,38,39,40,41,42,43,44,45,46,47,48);/q;+2/p-2. The SMILES string of the molecule is CC1=C(CCC(=O)O)c2cc3[n-]c(cc4nc(cc5[n-]c(cc1n2)c(CCC(=O)O)c5C)C(CCC(=O)O)=C4C)c(CCC(=O)O)c3C.[Mn+2]. The largest absolute Gasteiger partial charge is 2.00 e. The first-order valence-corrected chi connectivity index (χ1v) is 15.6. The van der Waals surface area contributed by atoms with Gasteiger partial charge in [0.1, 0.15) is 0 Å². The Morgan fingerprint density at radius 2 is 0.816 bits per heavy atom. The predicted molar refractivity (Wildman–Crippen MR) is 179 cm³/mol. The Balaban J connectivity index is 0.00000541.